The van der Waals surface area contributed by atoms with Gasteiger partial charge in [0.25, 0.3) is 0 Å². The van der Waals surface area contributed by atoms with Crippen molar-refractivity contribution in [3.8, 4) is 0 Å². The van der Waals surface area contributed by atoms with Crippen LogP contribution in [0.4, 0.5) is 10.5 Å². The predicted octanol–water partition coefficient (Wildman–Crippen LogP) is 1.71. The van der Waals surface area contributed by atoms with Gasteiger partial charge in [0, 0.05) is 27.6 Å². The molecule has 1 rings (SSSR count). The van der Waals surface area contributed by atoms with Gasteiger partial charge in [-0.05, 0) is 31.5 Å². The third-order valence-electron chi connectivity index (χ3n) is 2.97. The zero-order valence-corrected chi connectivity index (χ0v) is 12.2. The van der Waals surface area contributed by atoms with Gasteiger partial charge in [0.1, 0.15) is 0 Å². The van der Waals surface area contributed by atoms with Crippen molar-refractivity contribution in [3.63, 3.8) is 0 Å². The Bertz CT molecular complexity index is 473. The molecule has 0 spiro atoms. The van der Waals surface area contributed by atoms with Crippen LogP contribution in [0, 0.1) is 0 Å². The van der Waals surface area contributed by atoms with Crippen molar-refractivity contribution in [2.45, 2.75) is 30.7 Å². The van der Waals surface area contributed by atoms with Crippen LogP contribution in [0.3, 0.4) is 0 Å². The molecule has 0 aliphatic carbocycles. The van der Waals surface area contributed by atoms with Crippen LogP contribution in [0.1, 0.15) is 20.3 Å². The molecule has 0 radical (unpaired) electrons. The average Bonchev–Trinajstić information content (AvgIpc) is 2.38. The van der Waals surface area contributed by atoms with E-state index in [1.54, 1.807) is 37.4 Å². The Morgan fingerprint density at radius 2 is 2.16 bits per heavy atom. The largest absolute Gasteiger partial charge is 0.394 e. The number of carbonyl (C=O) groups excluding carboxylic acids is 1. The number of aliphatic hydroxyl groups excluding tert-OH is 1. The number of nitrogens with one attached hydrogen (secondary N) is 2. The van der Waals surface area contributed by atoms with Gasteiger partial charge in [0.05, 0.1) is 12.1 Å². The highest BCUT2D eigenvalue weighted by molar-refractivity contribution is 7.84. The summed E-state index contributed by atoms with van der Waals surface area (Å²) in [7, 11) is -1.09. The van der Waals surface area contributed by atoms with E-state index in [4.69, 9.17) is 0 Å². The van der Waals surface area contributed by atoms with Crippen molar-refractivity contribution in [2.75, 3.05) is 18.2 Å². The summed E-state index contributed by atoms with van der Waals surface area (Å²) in [5.74, 6) is 0. The molecule has 0 bridgehead atoms. The van der Waals surface area contributed by atoms with Crippen molar-refractivity contribution in [1.29, 1.82) is 0 Å². The molecule has 1 aromatic rings. The van der Waals surface area contributed by atoms with Crippen LogP contribution >= 0.6 is 0 Å². The summed E-state index contributed by atoms with van der Waals surface area (Å²) in [6.07, 6.45) is 2.20. The quantitative estimate of drug-likeness (QED) is 0.770. The van der Waals surface area contributed by atoms with E-state index in [-0.39, 0.29) is 6.61 Å². The molecule has 5 nitrogen and oxygen atoms in total. The molecular weight excluding hydrogens is 264 g/mol. The summed E-state index contributed by atoms with van der Waals surface area (Å²) in [5, 5.41) is 14.6. The first kappa shape index (κ1) is 15.7. The summed E-state index contributed by atoms with van der Waals surface area (Å²) in [5.41, 5.74) is -0.0727. The molecule has 0 saturated carbocycles. The number of rotatable bonds is 5. The molecule has 0 aliphatic rings. The Hall–Kier alpha value is -1.40. The van der Waals surface area contributed by atoms with Crippen molar-refractivity contribution < 1.29 is 14.1 Å². The molecule has 0 heterocycles. The maximum absolute atomic E-state index is 11.8. The molecule has 0 fully saturated rings. The second-order valence-electron chi connectivity index (χ2n) is 4.63. The van der Waals surface area contributed by atoms with Crippen LogP contribution in [-0.2, 0) is 10.8 Å². The Labute approximate surface area is 115 Å². The second-order valence-corrected chi connectivity index (χ2v) is 6.01. The van der Waals surface area contributed by atoms with E-state index < -0.39 is 22.4 Å². The van der Waals surface area contributed by atoms with Crippen LogP contribution in [0.25, 0.3) is 0 Å². The van der Waals surface area contributed by atoms with Gasteiger partial charge in [-0.25, -0.2) is 4.79 Å². The van der Waals surface area contributed by atoms with Gasteiger partial charge in [-0.1, -0.05) is 13.0 Å². The lowest BCUT2D eigenvalue weighted by molar-refractivity contribution is 0.172. The fraction of sp³-hybridized carbons (Fsp3) is 0.462. The van der Waals surface area contributed by atoms with Crippen molar-refractivity contribution in [3.05, 3.63) is 24.3 Å². The van der Waals surface area contributed by atoms with Crippen molar-refractivity contribution in [1.82, 2.24) is 5.32 Å². The fourth-order valence-corrected chi connectivity index (χ4v) is 1.99. The summed E-state index contributed by atoms with van der Waals surface area (Å²) < 4.78 is 11.4. The lowest BCUT2D eigenvalue weighted by Gasteiger charge is -2.27. The van der Waals surface area contributed by atoms with E-state index >= 15 is 0 Å². The first-order valence-electron chi connectivity index (χ1n) is 6.03. The first-order valence-corrected chi connectivity index (χ1v) is 7.59. The highest BCUT2D eigenvalue weighted by Gasteiger charge is 2.23. The third-order valence-corrected chi connectivity index (χ3v) is 3.89. The first-order chi connectivity index (χ1) is 8.90. The number of amides is 2. The maximum atomic E-state index is 11.8. The Kier molecular flexibility index (Phi) is 5.50. The lowest BCUT2D eigenvalue weighted by atomic mass is 10.0. The zero-order valence-electron chi connectivity index (χ0n) is 11.4. The number of aliphatic hydroxyl groups is 1. The maximum Gasteiger partial charge on any atom is 0.319 e. The minimum Gasteiger partial charge on any atom is -0.394 e. The van der Waals surface area contributed by atoms with Crippen LogP contribution < -0.4 is 10.6 Å². The van der Waals surface area contributed by atoms with Gasteiger partial charge in [-0.15, -0.1) is 0 Å². The molecule has 106 valence electrons. The SMILES string of the molecule is CCC(C)(CO)NC(=O)Nc1cccc(S(C)=O)c1. The summed E-state index contributed by atoms with van der Waals surface area (Å²) in [6.45, 7) is 3.53. The highest BCUT2D eigenvalue weighted by atomic mass is 32.2. The number of benzene rings is 1. The van der Waals surface area contributed by atoms with E-state index in [0.717, 1.165) is 0 Å². The van der Waals surface area contributed by atoms with Gasteiger partial charge >= 0.3 is 6.03 Å². The highest BCUT2D eigenvalue weighted by Crippen LogP contribution is 2.14. The van der Waals surface area contributed by atoms with E-state index in [0.29, 0.717) is 17.0 Å². The van der Waals surface area contributed by atoms with Crippen LogP contribution in [0.15, 0.2) is 29.2 Å². The lowest BCUT2D eigenvalue weighted by Crippen LogP contribution is -2.50. The predicted molar refractivity (Wildman–Crippen MR) is 76.7 cm³/mol. The molecule has 0 saturated heterocycles. The van der Waals surface area contributed by atoms with Crippen LogP contribution in [0.2, 0.25) is 0 Å². The molecule has 2 unspecified atom stereocenters. The minimum absolute atomic E-state index is 0.129. The summed E-state index contributed by atoms with van der Waals surface area (Å²) in [6, 6.07) is 6.47. The Morgan fingerprint density at radius 3 is 2.68 bits per heavy atom. The van der Waals surface area contributed by atoms with Gasteiger partial charge in [0.2, 0.25) is 0 Å². The normalized spacial score (nSPS) is 15.4. The zero-order chi connectivity index (χ0) is 14.5. The standard InChI is InChI=1S/C13H20N2O3S/c1-4-13(2,9-16)15-12(17)14-10-6-5-7-11(8-10)19(3)18/h5-8,16H,4,9H2,1-3H3,(H2,14,15,17). The second kappa shape index (κ2) is 6.68. The number of urea groups is 1. The molecule has 1 aromatic carbocycles. The van der Waals surface area contributed by atoms with E-state index in [1.165, 1.54) is 0 Å². The molecular formula is C13H20N2O3S. The van der Waals surface area contributed by atoms with Gasteiger partial charge < -0.3 is 15.7 Å². The molecule has 19 heavy (non-hydrogen) atoms. The molecule has 2 amide bonds. The fourth-order valence-electron chi connectivity index (χ4n) is 1.43. The molecule has 0 aromatic heterocycles. The molecule has 2 atom stereocenters. The van der Waals surface area contributed by atoms with Gasteiger partial charge in [-0.2, -0.15) is 0 Å². The monoisotopic (exact) mass is 284 g/mol. The summed E-state index contributed by atoms with van der Waals surface area (Å²) >= 11 is 0. The Balaban J connectivity index is 2.72. The molecule has 0 aliphatic heterocycles. The van der Waals surface area contributed by atoms with Gasteiger partial charge in [-0.3, -0.25) is 4.21 Å². The van der Waals surface area contributed by atoms with Crippen LogP contribution in [-0.4, -0.2) is 33.7 Å². The number of hydrogen-bond donors (Lipinski definition) is 3. The number of anilines is 1. The number of carbonyl (C=O) groups is 1. The van der Waals surface area contributed by atoms with Gasteiger partial charge in [0.15, 0.2) is 0 Å². The van der Waals surface area contributed by atoms with E-state index in [9.17, 15) is 14.1 Å². The van der Waals surface area contributed by atoms with E-state index in [1.807, 2.05) is 6.92 Å². The Morgan fingerprint density at radius 1 is 1.47 bits per heavy atom. The third kappa shape index (κ3) is 4.65. The molecule has 6 heteroatoms. The van der Waals surface area contributed by atoms with Crippen molar-refractivity contribution in [2.24, 2.45) is 0 Å². The molecule has 3 N–H and O–H groups in total. The average molecular weight is 284 g/mol. The topological polar surface area (TPSA) is 78.4 Å². The summed E-state index contributed by atoms with van der Waals surface area (Å²) in [4.78, 5) is 12.5. The number of hydrogen-bond acceptors (Lipinski definition) is 3. The van der Waals surface area contributed by atoms with Crippen LogP contribution in [0.5, 0.6) is 0 Å². The minimum atomic E-state index is -1.09. The smallest absolute Gasteiger partial charge is 0.319 e. The van der Waals surface area contributed by atoms with E-state index in [2.05, 4.69) is 10.6 Å². The van der Waals surface area contributed by atoms with Crippen molar-refractivity contribution >= 4 is 22.5 Å².